The fourth-order valence-corrected chi connectivity index (χ4v) is 3.62. The Morgan fingerprint density at radius 3 is 2.71 bits per heavy atom. The highest BCUT2D eigenvalue weighted by Gasteiger charge is 2.16. The van der Waals surface area contributed by atoms with Crippen LogP contribution in [0.1, 0.15) is 19.5 Å². The summed E-state index contributed by atoms with van der Waals surface area (Å²) in [6, 6.07) is 7.38. The van der Waals surface area contributed by atoms with Crippen LogP contribution in [0.2, 0.25) is 0 Å². The monoisotopic (exact) mass is 322 g/mol. The molecule has 0 bridgehead atoms. The van der Waals surface area contributed by atoms with Crippen molar-refractivity contribution < 1.29 is 9.53 Å². The number of aryl methyl sites for hydroxylation is 1. The molecular formula is C15H18N2O2S2. The molecule has 0 radical (unpaired) electrons. The second kappa shape index (κ2) is 7.47. The molecule has 1 N–H and O–H groups in total. The van der Waals surface area contributed by atoms with Gasteiger partial charge < -0.3 is 10.1 Å². The Kier molecular flexibility index (Phi) is 5.64. The maximum Gasteiger partial charge on any atom is 0.237 e. The zero-order chi connectivity index (χ0) is 15.2. The van der Waals surface area contributed by atoms with Gasteiger partial charge in [0.05, 0.1) is 11.9 Å². The van der Waals surface area contributed by atoms with Gasteiger partial charge in [0, 0.05) is 16.8 Å². The molecule has 0 saturated carbocycles. The first kappa shape index (κ1) is 15.9. The van der Waals surface area contributed by atoms with Gasteiger partial charge >= 0.3 is 0 Å². The van der Waals surface area contributed by atoms with Crippen molar-refractivity contribution in [3.05, 3.63) is 35.3 Å². The summed E-state index contributed by atoms with van der Waals surface area (Å²) in [7, 11) is 0. The molecule has 1 heterocycles. The third-order valence-electron chi connectivity index (χ3n) is 2.68. The summed E-state index contributed by atoms with van der Waals surface area (Å²) in [6.45, 7) is 6.40. The van der Waals surface area contributed by atoms with Crippen molar-refractivity contribution >= 4 is 34.7 Å². The summed E-state index contributed by atoms with van der Waals surface area (Å²) < 4.78 is 6.29. The Labute approximate surface area is 132 Å². The molecule has 0 saturated heterocycles. The van der Waals surface area contributed by atoms with Crippen LogP contribution in [0.25, 0.3) is 0 Å². The summed E-state index contributed by atoms with van der Waals surface area (Å²) in [4.78, 5) is 16.5. The number of rotatable bonds is 6. The maximum absolute atomic E-state index is 12.1. The van der Waals surface area contributed by atoms with Crippen molar-refractivity contribution in [2.45, 2.75) is 30.4 Å². The van der Waals surface area contributed by atoms with Crippen LogP contribution in [-0.2, 0) is 4.79 Å². The third-order valence-corrected chi connectivity index (χ3v) is 4.87. The molecule has 1 amide bonds. The van der Waals surface area contributed by atoms with Gasteiger partial charge in [0.15, 0.2) is 4.34 Å². The average molecular weight is 322 g/mol. The van der Waals surface area contributed by atoms with Gasteiger partial charge in [0.1, 0.15) is 5.75 Å². The smallest absolute Gasteiger partial charge is 0.237 e. The fraction of sp³-hybridized carbons (Fsp3) is 0.333. The van der Waals surface area contributed by atoms with Crippen molar-refractivity contribution in [1.29, 1.82) is 0 Å². The van der Waals surface area contributed by atoms with Crippen molar-refractivity contribution in [1.82, 2.24) is 4.98 Å². The Morgan fingerprint density at radius 2 is 2.14 bits per heavy atom. The zero-order valence-corrected chi connectivity index (χ0v) is 13.9. The molecule has 2 rings (SSSR count). The highest BCUT2D eigenvalue weighted by molar-refractivity contribution is 8.02. The largest absolute Gasteiger partial charge is 0.494 e. The summed E-state index contributed by atoms with van der Waals surface area (Å²) in [5.74, 6) is 0.771. The number of anilines is 1. The number of nitrogens with zero attached hydrogens (tertiary/aromatic N) is 1. The van der Waals surface area contributed by atoms with Crippen LogP contribution in [0.5, 0.6) is 5.75 Å². The number of benzene rings is 1. The molecule has 0 aliphatic rings. The third kappa shape index (κ3) is 4.75. The molecule has 1 aromatic heterocycles. The Hall–Kier alpha value is -1.53. The molecule has 112 valence electrons. The number of nitrogens with one attached hydrogen (secondary N) is 1. The molecular weight excluding hydrogens is 304 g/mol. The lowest BCUT2D eigenvalue weighted by atomic mass is 10.3. The first-order valence-electron chi connectivity index (χ1n) is 6.71. The lowest BCUT2D eigenvalue weighted by Gasteiger charge is -2.11. The van der Waals surface area contributed by atoms with E-state index in [1.165, 1.54) is 11.8 Å². The van der Waals surface area contributed by atoms with Crippen LogP contribution in [-0.4, -0.2) is 22.7 Å². The van der Waals surface area contributed by atoms with Crippen LogP contribution in [0, 0.1) is 6.92 Å². The molecule has 6 heteroatoms. The molecule has 0 aliphatic heterocycles. The predicted octanol–water partition coefficient (Wildman–Crippen LogP) is 3.97. The summed E-state index contributed by atoms with van der Waals surface area (Å²) in [5.41, 5.74) is 1.76. The van der Waals surface area contributed by atoms with Gasteiger partial charge in [-0.3, -0.25) is 4.79 Å². The van der Waals surface area contributed by atoms with Gasteiger partial charge in [-0.15, -0.1) is 11.3 Å². The van der Waals surface area contributed by atoms with Crippen molar-refractivity contribution in [2.75, 3.05) is 11.9 Å². The molecule has 0 aliphatic carbocycles. The molecule has 1 atom stereocenters. The van der Waals surface area contributed by atoms with E-state index in [0.29, 0.717) is 6.61 Å². The van der Waals surface area contributed by atoms with E-state index in [1.807, 2.05) is 50.4 Å². The Morgan fingerprint density at radius 1 is 1.43 bits per heavy atom. The second-order valence-corrected chi connectivity index (χ2v) is 6.91. The predicted molar refractivity (Wildman–Crippen MR) is 88.4 cm³/mol. The van der Waals surface area contributed by atoms with Crippen molar-refractivity contribution in [2.24, 2.45) is 0 Å². The van der Waals surface area contributed by atoms with Crippen LogP contribution in [0.15, 0.2) is 34.0 Å². The molecule has 1 aromatic carbocycles. The van der Waals surface area contributed by atoms with Gasteiger partial charge in [0.25, 0.3) is 0 Å². The molecule has 0 fully saturated rings. The Balaban J connectivity index is 1.90. The van der Waals surface area contributed by atoms with E-state index in [-0.39, 0.29) is 11.2 Å². The van der Waals surface area contributed by atoms with E-state index in [4.69, 9.17) is 4.74 Å². The lowest BCUT2D eigenvalue weighted by Crippen LogP contribution is -2.22. The number of carbonyl (C=O) groups is 1. The second-order valence-electron chi connectivity index (χ2n) is 4.46. The van der Waals surface area contributed by atoms with Gasteiger partial charge in [0.2, 0.25) is 5.91 Å². The van der Waals surface area contributed by atoms with Crippen LogP contribution >= 0.6 is 23.1 Å². The van der Waals surface area contributed by atoms with E-state index < -0.39 is 0 Å². The number of thioether (sulfide) groups is 1. The van der Waals surface area contributed by atoms with E-state index in [0.717, 1.165) is 21.5 Å². The molecule has 0 spiro atoms. The standard InChI is InChI=1S/C15H18N2O2S2/c1-4-19-13-7-5-12(6-8-13)17-14(18)11(3)21-15-16-10(2)9-20-15/h5-9,11H,4H2,1-3H3,(H,17,18). The highest BCUT2D eigenvalue weighted by Crippen LogP contribution is 2.27. The van der Waals surface area contributed by atoms with Crippen LogP contribution in [0.3, 0.4) is 0 Å². The molecule has 21 heavy (non-hydrogen) atoms. The van der Waals surface area contributed by atoms with Gasteiger partial charge in [-0.25, -0.2) is 4.98 Å². The number of hydrogen-bond donors (Lipinski definition) is 1. The Bertz CT molecular complexity index is 596. The first-order valence-corrected chi connectivity index (χ1v) is 8.47. The van der Waals surface area contributed by atoms with Gasteiger partial charge in [-0.2, -0.15) is 0 Å². The minimum atomic E-state index is -0.192. The summed E-state index contributed by atoms with van der Waals surface area (Å²) in [6.07, 6.45) is 0. The normalized spacial score (nSPS) is 12.0. The van der Waals surface area contributed by atoms with Crippen LogP contribution in [0.4, 0.5) is 5.69 Å². The highest BCUT2D eigenvalue weighted by atomic mass is 32.2. The molecule has 2 aromatic rings. The average Bonchev–Trinajstić information content (AvgIpc) is 2.86. The quantitative estimate of drug-likeness (QED) is 0.818. The molecule has 1 unspecified atom stereocenters. The topological polar surface area (TPSA) is 51.2 Å². The van der Waals surface area contributed by atoms with E-state index in [9.17, 15) is 4.79 Å². The van der Waals surface area contributed by atoms with Gasteiger partial charge in [-0.05, 0) is 45.0 Å². The number of aromatic nitrogens is 1. The minimum Gasteiger partial charge on any atom is -0.494 e. The minimum absolute atomic E-state index is 0.0305. The summed E-state index contributed by atoms with van der Waals surface area (Å²) >= 11 is 3.04. The maximum atomic E-state index is 12.1. The van der Waals surface area contributed by atoms with Gasteiger partial charge in [-0.1, -0.05) is 11.8 Å². The first-order chi connectivity index (χ1) is 10.1. The zero-order valence-electron chi connectivity index (χ0n) is 12.3. The van der Waals surface area contributed by atoms with E-state index in [2.05, 4.69) is 10.3 Å². The van der Waals surface area contributed by atoms with Crippen molar-refractivity contribution in [3.8, 4) is 5.75 Å². The molecule has 4 nitrogen and oxygen atoms in total. The van der Waals surface area contributed by atoms with E-state index in [1.54, 1.807) is 11.3 Å². The SMILES string of the molecule is CCOc1ccc(NC(=O)C(C)Sc2nc(C)cs2)cc1. The number of thiazole rings is 1. The lowest BCUT2D eigenvalue weighted by molar-refractivity contribution is -0.115. The number of amides is 1. The van der Waals surface area contributed by atoms with E-state index >= 15 is 0 Å². The van der Waals surface area contributed by atoms with Crippen LogP contribution < -0.4 is 10.1 Å². The number of ether oxygens (including phenoxy) is 1. The number of carbonyl (C=O) groups excluding carboxylic acids is 1. The fourth-order valence-electron chi connectivity index (χ4n) is 1.64. The van der Waals surface area contributed by atoms with Crippen molar-refractivity contribution in [3.63, 3.8) is 0 Å². The number of hydrogen-bond acceptors (Lipinski definition) is 5. The summed E-state index contributed by atoms with van der Waals surface area (Å²) in [5, 5.41) is 4.69.